The van der Waals surface area contributed by atoms with Gasteiger partial charge in [0.2, 0.25) is 0 Å². The second-order valence-corrected chi connectivity index (χ2v) is 8.77. The quantitative estimate of drug-likeness (QED) is 0.713. The van der Waals surface area contributed by atoms with E-state index in [9.17, 15) is 5.26 Å². The molecule has 0 radical (unpaired) electrons. The Kier molecular flexibility index (Phi) is 5.84. The van der Waals surface area contributed by atoms with Gasteiger partial charge in [-0.3, -0.25) is 4.90 Å². The zero-order valence-electron chi connectivity index (χ0n) is 17.9. The van der Waals surface area contributed by atoms with E-state index in [1.54, 1.807) is 10.9 Å². The number of halogens is 2. The van der Waals surface area contributed by atoms with Gasteiger partial charge >= 0.3 is 0 Å². The lowest BCUT2D eigenvalue weighted by molar-refractivity contribution is -0.0847. The van der Waals surface area contributed by atoms with E-state index in [0.29, 0.717) is 74.0 Å². The van der Waals surface area contributed by atoms with Crippen molar-refractivity contribution in [1.82, 2.24) is 24.6 Å². The molecule has 1 N–H and O–H groups in total. The molecule has 2 fully saturated rings. The van der Waals surface area contributed by atoms with Crippen molar-refractivity contribution in [1.29, 1.82) is 5.26 Å². The average molecular weight is 458 g/mol. The van der Waals surface area contributed by atoms with E-state index < -0.39 is 6.17 Å². The Morgan fingerprint density at radius 1 is 1.38 bits per heavy atom. The first-order chi connectivity index (χ1) is 15.6. The molecule has 32 heavy (non-hydrogen) atoms. The van der Waals surface area contributed by atoms with Crippen LogP contribution in [0.2, 0.25) is 5.15 Å². The van der Waals surface area contributed by atoms with Crippen molar-refractivity contribution in [3.63, 3.8) is 0 Å². The number of fused-ring (bicyclic) bond motifs is 1. The number of rotatable bonds is 6. The van der Waals surface area contributed by atoms with Gasteiger partial charge in [-0.1, -0.05) is 17.7 Å². The van der Waals surface area contributed by atoms with Crippen LogP contribution in [0.15, 0.2) is 12.3 Å². The number of anilines is 1. The van der Waals surface area contributed by atoms with Gasteiger partial charge in [-0.15, -0.1) is 0 Å². The highest BCUT2D eigenvalue weighted by molar-refractivity contribution is 6.30. The second-order valence-electron chi connectivity index (χ2n) is 8.41. The minimum absolute atomic E-state index is 0.330. The molecule has 8 nitrogen and oxygen atoms in total. The third-order valence-corrected chi connectivity index (χ3v) is 6.82. The summed E-state index contributed by atoms with van der Waals surface area (Å²) in [4.78, 5) is 11.5. The molecular weight excluding hydrogens is 433 g/mol. The van der Waals surface area contributed by atoms with E-state index in [1.165, 1.54) is 0 Å². The maximum atomic E-state index is 15.0. The molecule has 4 heterocycles. The van der Waals surface area contributed by atoms with Gasteiger partial charge in [-0.2, -0.15) is 10.4 Å². The van der Waals surface area contributed by atoms with Gasteiger partial charge in [-0.05, 0) is 13.3 Å². The molecule has 0 unspecified atom stereocenters. The van der Waals surface area contributed by atoms with Crippen LogP contribution in [0.1, 0.15) is 42.0 Å². The summed E-state index contributed by atoms with van der Waals surface area (Å²) in [5, 5.41) is 17.5. The zero-order chi connectivity index (χ0) is 22.2. The first-order valence-electron chi connectivity index (χ1n) is 11.0. The van der Waals surface area contributed by atoms with Gasteiger partial charge in [0, 0.05) is 38.0 Å². The van der Waals surface area contributed by atoms with Crippen LogP contribution in [-0.4, -0.2) is 69.7 Å². The molecule has 2 saturated heterocycles. The lowest BCUT2D eigenvalue weighted by Gasteiger charge is -2.42. The largest absolute Gasteiger partial charge is 0.378 e. The Balaban J connectivity index is 1.34. The van der Waals surface area contributed by atoms with Crippen LogP contribution >= 0.6 is 11.6 Å². The number of hydrogen-bond donors (Lipinski definition) is 1. The minimum Gasteiger partial charge on any atom is -0.378 e. The molecular formula is C22H25ClFN7O. The normalized spacial score (nSPS) is 23.4. The number of alkyl halides is 1. The molecule has 2 aliphatic heterocycles. The smallest absolute Gasteiger partial charge is 0.138 e. The third kappa shape index (κ3) is 3.76. The van der Waals surface area contributed by atoms with Crippen LogP contribution < -0.4 is 5.32 Å². The molecule has 0 aromatic carbocycles. The predicted octanol–water partition coefficient (Wildman–Crippen LogP) is 2.80. The molecule has 168 valence electrons. The van der Waals surface area contributed by atoms with Crippen molar-refractivity contribution >= 4 is 23.0 Å². The number of nitriles is 1. The van der Waals surface area contributed by atoms with Gasteiger partial charge < -0.3 is 10.1 Å². The lowest BCUT2D eigenvalue weighted by atomic mass is 10.0. The van der Waals surface area contributed by atoms with Gasteiger partial charge in [0.25, 0.3) is 0 Å². The van der Waals surface area contributed by atoms with E-state index in [-0.39, 0.29) is 6.04 Å². The molecule has 0 saturated carbocycles. The molecule has 2 aromatic heterocycles. The molecule has 3 aliphatic rings. The summed E-state index contributed by atoms with van der Waals surface area (Å²) in [6, 6.07) is 2.17. The molecule has 0 spiro atoms. The number of ether oxygens (including phenoxy) is 1. The zero-order valence-corrected chi connectivity index (χ0v) is 18.6. The molecule has 2 atom stereocenters. The van der Waals surface area contributed by atoms with E-state index in [2.05, 4.69) is 31.4 Å². The van der Waals surface area contributed by atoms with E-state index >= 15 is 4.39 Å². The van der Waals surface area contributed by atoms with Crippen molar-refractivity contribution in [2.24, 2.45) is 0 Å². The highest BCUT2D eigenvalue weighted by atomic mass is 35.5. The Morgan fingerprint density at radius 2 is 2.22 bits per heavy atom. The fourth-order valence-corrected chi connectivity index (χ4v) is 4.91. The van der Waals surface area contributed by atoms with Crippen LogP contribution in [0.5, 0.6) is 0 Å². The summed E-state index contributed by atoms with van der Waals surface area (Å²) < 4.78 is 21.9. The number of nitrogens with zero attached hydrogens (tertiary/aromatic N) is 6. The first kappa shape index (κ1) is 21.3. The van der Waals surface area contributed by atoms with E-state index in [1.807, 2.05) is 13.0 Å². The molecule has 2 aromatic rings. The van der Waals surface area contributed by atoms with E-state index in [4.69, 9.17) is 16.3 Å². The van der Waals surface area contributed by atoms with Crippen LogP contribution in [0.3, 0.4) is 0 Å². The van der Waals surface area contributed by atoms with Gasteiger partial charge in [0.05, 0.1) is 54.4 Å². The molecule has 5 rings (SSSR count). The summed E-state index contributed by atoms with van der Waals surface area (Å²) in [7, 11) is 0. The van der Waals surface area contributed by atoms with Crippen LogP contribution in [0, 0.1) is 11.3 Å². The monoisotopic (exact) mass is 457 g/mol. The Hall–Kier alpha value is -2.54. The Bertz CT molecular complexity index is 1090. The summed E-state index contributed by atoms with van der Waals surface area (Å²) in [6.07, 6.45) is 4.17. The fourth-order valence-electron chi connectivity index (χ4n) is 4.63. The van der Waals surface area contributed by atoms with Crippen LogP contribution in [0.25, 0.3) is 5.57 Å². The number of nitrogens with one attached hydrogen (secondary N) is 1. The summed E-state index contributed by atoms with van der Waals surface area (Å²) in [5.41, 5.74) is 2.98. The Morgan fingerprint density at radius 3 is 2.91 bits per heavy atom. The lowest BCUT2D eigenvalue weighted by Crippen LogP contribution is -2.55. The van der Waals surface area contributed by atoms with Crippen molar-refractivity contribution in [3.8, 4) is 6.07 Å². The highest BCUT2D eigenvalue weighted by Gasteiger charge is 2.37. The van der Waals surface area contributed by atoms with Crippen molar-refractivity contribution in [3.05, 3.63) is 40.1 Å². The number of hydrogen-bond acceptors (Lipinski definition) is 7. The van der Waals surface area contributed by atoms with Gasteiger partial charge in [0.15, 0.2) is 0 Å². The average Bonchev–Trinajstić information content (AvgIpc) is 3.31. The number of piperidine rings is 1. The minimum atomic E-state index is -1.04. The molecule has 1 aliphatic carbocycles. The van der Waals surface area contributed by atoms with Crippen molar-refractivity contribution < 1.29 is 9.13 Å². The number of aromatic nitrogens is 4. The highest BCUT2D eigenvalue weighted by Crippen LogP contribution is 2.34. The standard InChI is InChI=1S/C22H25ClFN7O/c1-2-26-22-20-13(8-25)3-4-17(20)28-19(29-22)7-14-9-27-31(21(14)23)18-5-6-30(10-16(18)24)15-11-32-12-15/h3,9,15-16,18H,2,4-7,10-12H2,1H3,(H,26,28,29)/t16-,18-/m0/s1. The SMILES string of the molecule is CCNc1nc(Cc2cnn([C@H]3CCN(C4COC4)C[C@@H]3F)c2Cl)nc2c1C(C#N)=CC2. The van der Waals surface area contributed by atoms with Crippen molar-refractivity contribution in [2.75, 3.05) is 38.2 Å². The topological polar surface area (TPSA) is 91.9 Å². The second kappa shape index (κ2) is 8.77. The fraction of sp³-hybridized carbons (Fsp3) is 0.545. The maximum Gasteiger partial charge on any atom is 0.138 e. The third-order valence-electron chi connectivity index (χ3n) is 6.41. The predicted molar refractivity (Wildman–Crippen MR) is 118 cm³/mol. The Labute approximate surface area is 191 Å². The van der Waals surface area contributed by atoms with Gasteiger partial charge in [0.1, 0.15) is 23.0 Å². The van der Waals surface area contributed by atoms with Crippen LogP contribution in [-0.2, 0) is 17.6 Å². The molecule has 0 bridgehead atoms. The maximum absolute atomic E-state index is 15.0. The van der Waals surface area contributed by atoms with Gasteiger partial charge in [-0.25, -0.2) is 19.0 Å². The molecule has 0 amide bonds. The van der Waals surface area contributed by atoms with Crippen molar-refractivity contribution in [2.45, 2.75) is 44.4 Å². The number of allylic oxidation sites excluding steroid dienone is 2. The summed E-state index contributed by atoms with van der Waals surface area (Å²) in [5.74, 6) is 1.27. The molecule has 10 heteroatoms. The van der Waals surface area contributed by atoms with Crippen LogP contribution in [0.4, 0.5) is 10.2 Å². The van der Waals surface area contributed by atoms with E-state index in [0.717, 1.165) is 23.4 Å². The summed E-state index contributed by atoms with van der Waals surface area (Å²) in [6.45, 7) is 5.22. The first-order valence-corrected chi connectivity index (χ1v) is 11.4. The summed E-state index contributed by atoms with van der Waals surface area (Å²) >= 11 is 6.65. The number of likely N-dealkylation sites (tertiary alicyclic amines) is 1.